The SMILES string of the molecule is COc1cccc(-c2nc(CSc3nnc(CSC)o3)cs2)c1OC. The van der Waals surface area contributed by atoms with Crippen LogP contribution in [0.2, 0.25) is 0 Å². The highest BCUT2D eigenvalue weighted by atomic mass is 32.2. The van der Waals surface area contributed by atoms with Gasteiger partial charge in [0.15, 0.2) is 11.5 Å². The molecular weight excluding hydrogens is 378 g/mol. The minimum atomic E-state index is 0.567. The zero-order chi connectivity index (χ0) is 17.6. The van der Waals surface area contributed by atoms with Crippen molar-refractivity contribution in [3.05, 3.63) is 35.2 Å². The van der Waals surface area contributed by atoms with Crippen molar-refractivity contribution in [2.24, 2.45) is 0 Å². The van der Waals surface area contributed by atoms with Gasteiger partial charge in [0, 0.05) is 11.1 Å². The van der Waals surface area contributed by atoms with Crippen LogP contribution in [-0.2, 0) is 11.5 Å². The van der Waals surface area contributed by atoms with Gasteiger partial charge in [0.2, 0.25) is 5.89 Å². The smallest absolute Gasteiger partial charge is 0.276 e. The second-order valence-corrected chi connectivity index (χ2v) is 7.52. The Morgan fingerprint density at radius 2 is 2.04 bits per heavy atom. The molecule has 0 unspecified atom stereocenters. The lowest BCUT2D eigenvalue weighted by atomic mass is 10.2. The van der Waals surface area contributed by atoms with Crippen LogP contribution in [0.3, 0.4) is 0 Å². The van der Waals surface area contributed by atoms with Crippen LogP contribution in [0.5, 0.6) is 11.5 Å². The number of thiazole rings is 1. The number of nitrogens with zero attached hydrogens (tertiary/aromatic N) is 3. The van der Waals surface area contributed by atoms with Gasteiger partial charge in [-0.1, -0.05) is 17.8 Å². The second-order valence-electron chi connectivity index (χ2n) is 4.87. The molecule has 2 heterocycles. The van der Waals surface area contributed by atoms with Crippen molar-refractivity contribution in [1.29, 1.82) is 0 Å². The lowest BCUT2D eigenvalue weighted by Gasteiger charge is -2.10. The number of hydrogen-bond donors (Lipinski definition) is 0. The molecule has 9 heteroatoms. The zero-order valence-electron chi connectivity index (χ0n) is 14.0. The predicted octanol–water partition coefficient (Wildman–Crippen LogP) is 4.37. The predicted molar refractivity (Wildman–Crippen MR) is 102 cm³/mol. The summed E-state index contributed by atoms with van der Waals surface area (Å²) in [4.78, 5) is 4.69. The molecule has 0 radical (unpaired) electrons. The lowest BCUT2D eigenvalue weighted by Crippen LogP contribution is -1.93. The van der Waals surface area contributed by atoms with Crippen molar-refractivity contribution in [3.63, 3.8) is 0 Å². The Hall–Kier alpha value is -1.71. The minimum absolute atomic E-state index is 0.567. The van der Waals surface area contributed by atoms with E-state index in [1.54, 1.807) is 37.3 Å². The van der Waals surface area contributed by atoms with E-state index in [2.05, 4.69) is 10.2 Å². The average Bonchev–Trinajstić information content (AvgIpc) is 3.28. The van der Waals surface area contributed by atoms with Crippen LogP contribution in [0, 0.1) is 0 Å². The molecule has 0 N–H and O–H groups in total. The van der Waals surface area contributed by atoms with E-state index < -0.39 is 0 Å². The van der Waals surface area contributed by atoms with E-state index in [-0.39, 0.29) is 0 Å². The number of thioether (sulfide) groups is 2. The fraction of sp³-hybridized carbons (Fsp3) is 0.312. The summed E-state index contributed by atoms with van der Waals surface area (Å²) in [5, 5.41) is 11.5. The Balaban J connectivity index is 1.72. The number of hydrogen-bond acceptors (Lipinski definition) is 9. The number of para-hydroxylation sites is 1. The topological polar surface area (TPSA) is 70.3 Å². The summed E-state index contributed by atoms with van der Waals surface area (Å²) in [6, 6.07) is 5.77. The van der Waals surface area contributed by atoms with Crippen LogP contribution >= 0.6 is 34.9 Å². The van der Waals surface area contributed by atoms with E-state index in [9.17, 15) is 0 Å². The third kappa shape index (κ3) is 4.28. The van der Waals surface area contributed by atoms with Crippen molar-refractivity contribution in [2.45, 2.75) is 16.7 Å². The van der Waals surface area contributed by atoms with Crippen LogP contribution in [0.25, 0.3) is 10.6 Å². The summed E-state index contributed by atoms with van der Waals surface area (Å²) in [6.45, 7) is 0. The lowest BCUT2D eigenvalue weighted by molar-refractivity contribution is 0.356. The fourth-order valence-electron chi connectivity index (χ4n) is 2.17. The first kappa shape index (κ1) is 18.1. The van der Waals surface area contributed by atoms with Crippen molar-refractivity contribution < 1.29 is 13.9 Å². The summed E-state index contributed by atoms with van der Waals surface area (Å²) in [5.41, 5.74) is 1.88. The average molecular weight is 396 g/mol. The van der Waals surface area contributed by atoms with E-state index in [4.69, 9.17) is 18.9 Å². The normalized spacial score (nSPS) is 10.8. The number of aromatic nitrogens is 3. The highest BCUT2D eigenvalue weighted by molar-refractivity contribution is 7.98. The van der Waals surface area contributed by atoms with Crippen molar-refractivity contribution >= 4 is 34.9 Å². The molecule has 0 amide bonds. The molecule has 0 bridgehead atoms. The summed E-state index contributed by atoms with van der Waals surface area (Å²) in [7, 11) is 3.26. The molecule has 0 aliphatic carbocycles. The number of ether oxygens (including phenoxy) is 2. The van der Waals surface area contributed by atoms with Crippen LogP contribution in [0.1, 0.15) is 11.6 Å². The standard InChI is InChI=1S/C16H17N3O3S3/c1-20-12-6-4-5-11(14(12)21-2)15-17-10(7-24-15)8-25-16-19-18-13(22-16)9-23-3/h4-7H,8-9H2,1-3H3. The third-order valence-corrected chi connectivity index (χ3v) is 5.56. The molecule has 0 saturated carbocycles. The molecule has 0 fully saturated rings. The summed E-state index contributed by atoms with van der Waals surface area (Å²) >= 11 is 4.71. The van der Waals surface area contributed by atoms with Gasteiger partial charge >= 0.3 is 0 Å². The largest absolute Gasteiger partial charge is 0.493 e. The Bertz CT molecular complexity index is 835. The summed E-state index contributed by atoms with van der Waals surface area (Å²) in [6.07, 6.45) is 2.00. The summed E-state index contributed by atoms with van der Waals surface area (Å²) < 4.78 is 16.4. The highest BCUT2D eigenvalue weighted by Gasteiger charge is 2.15. The van der Waals surface area contributed by atoms with Gasteiger partial charge in [-0.15, -0.1) is 21.5 Å². The molecule has 0 saturated heterocycles. The van der Waals surface area contributed by atoms with E-state index in [1.165, 1.54) is 11.8 Å². The Kier molecular flexibility index (Phi) is 6.22. The van der Waals surface area contributed by atoms with E-state index in [0.29, 0.717) is 28.4 Å². The fourth-order valence-corrected chi connectivity index (χ4v) is 4.15. The van der Waals surface area contributed by atoms with Crippen molar-refractivity contribution in [3.8, 4) is 22.1 Å². The third-order valence-electron chi connectivity index (χ3n) is 3.24. The van der Waals surface area contributed by atoms with Crippen molar-refractivity contribution in [2.75, 3.05) is 20.5 Å². The Morgan fingerprint density at radius 1 is 1.16 bits per heavy atom. The molecule has 0 spiro atoms. The van der Waals surface area contributed by atoms with Gasteiger partial charge in [-0.25, -0.2) is 4.98 Å². The second kappa shape index (κ2) is 8.59. The first-order valence-corrected chi connectivity index (χ1v) is 10.6. The first-order valence-electron chi connectivity index (χ1n) is 7.35. The van der Waals surface area contributed by atoms with Crippen LogP contribution in [0.4, 0.5) is 0 Å². The van der Waals surface area contributed by atoms with Gasteiger partial charge in [0.1, 0.15) is 5.01 Å². The van der Waals surface area contributed by atoms with Crippen LogP contribution < -0.4 is 9.47 Å². The maximum Gasteiger partial charge on any atom is 0.276 e. The van der Waals surface area contributed by atoms with Gasteiger partial charge < -0.3 is 13.9 Å². The number of benzene rings is 1. The minimum Gasteiger partial charge on any atom is -0.493 e. The Morgan fingerprint density at radius 3 is 2.80 bits per heavy atom. The molecule has 0 atom stereocenters. The maximum atomic E-state index is 5.56. The quantitative estimate of drug-likeness (QED) is 0.521. The number of rotatable bonds is 8. The van der Waals surface area contributed by atoms with Gasteiger partial charge in [0.05, 0.1) is 31.2 Å². The van der Waals surface area contributed by atoms with Crippen molar-refractivity contribution in [1.82, 2.24) is 15.2 Å². The van der Waals surface area contributed by atoms with Gasteiger partial charge in [0.25, 0.3) is 5.22 Å². The molecule has 1 aromatic carbocycles. The monoisotopic (exact) mass is 395 g/mol. The molecule has 132 valence electrons. The number of methoxy groups -OCH3 is 2. The van der Waals surface area contributed by atoms with E-state index in [0.717, 1.165) is 22.0 Å². The van der Waals surface area contributed by atoms with Gasteiger partial charge in [-0.2, -0.15) is 11.8 Å². The van der Waals surface area contributed by atoms with E-state index >= 15 is 0 Å². The maximum absolute atomic E-state index is 5.56. The van der Waals surface area contributed by atoms with Gasteiger partial charge in [-0.3, -0.25) is 0 Å². The van der Waals surface area contributed by atoms with E-state index in [1.807, 2.05) is 29.8 Å². The molecule has 6 nitrogen and oxygen atoms in total. The van der Waals surface area contributed by atoms with Gasteiger partial charge in [-0.05, 0) is 18.4 Å². The van der Waals surface area contributed by atoms with Crippen LogP contribution in [-0.4, -0.2) is 35.7 Å². The van der Waals surface area contributed by atoms with Crippen LogP contribution in [0.15, 0.2) is 33.2 Å². The molecule has 2 aromatic heterocycles. The molecule has 3 rings (SSSR count). The summed E-state index contributed by atoms with van der Waals surface area (Å²) in [5.74, 6) is 3.43. The molecule has 0 aliphatic rings. The molecule has 25 heavy (non-hydrogen) atoms. The zero-order valence-corrected chi connectivity index (χ0v) is 16.5. The highest BCUT2D eigenvalue weighted by Crippen LogP contribution is 2.39. The molecular formula is C16H17N3O3S3. The molecule has 0 aliphatic heterocycles. The molecule has 3 aromatic rings. The Labute approximate surface area is 158 Å². The first-order chi connectivity index (χ1) is 12.2.